The monoisotopic (exact) mass is 230 g/mol. The van der Waals surface area contributed by atoms with Crippen molar-refractivity contribution in [1.29, 1.82) is 0 Å². The normalized spacial score (nSPS) is 12.6. The summed E-state index contributed by atoms with van der Waals surface area (Å²) in [4.78, 5) is 4.31. The molecule has 1 aromatic carbocycles. The van der Waals surface area contributed by atoms with Gasteiger partial charge < -0.3 is 10.1 Å². The van der Waals surface area contributed by atoms with Gasteiger partial charge in [-0.2, -0.15) is 0 Å². The summed E-state index contributed by atoms with van der Waals surface area (Å²) in [6, 6.07) is 10.6. The van der Waals surface area contributed by atoms with Gasteiger partial charge in [-0.05, 0) is 30.7 Å². The predicted octanol–water partition coefficient (Wildman–Crippen LogP) is 3.07. The van der Waals surface area contributed by atoms with Gasteiger partial charge in [0.05, 0.1) is 12.1 Å². The van der Waals surface area contributed by atoms with Crippen molar-refractivity contribution in [2.45, 2.75) is 19.4 Å². The molecule has 0 amide bonds. The summed E-state index contributed by atoms with van der Waals surface area (Å²) in [7, 11) is 1.73. The van der Waals surface area contributed by atoms with Crippen molar-refractivity contribution in [2.24, 2.45) is 0 Å². The second-order valence-electron chi connectivity index (χ2n) is 4.12. The van der Waals surface area contributed by atoms with Gasteiger partial charge in [-0.15, -0.1) is 0 Å². The number of rotatable bonds is 5. The van der Waals surface area contributed by atoms with Gasteiger partial charge in [-0.25, -0.2) is 0 Å². The number of nitrogens with zero attached hydrogens (tertiary/aromatic N) is 1. The maximum Gasteiger partial charge on any atom is 0.0703 e. The number of anilines is 1. The number of fused-ring (bicyclic) bond motifs is 1. The van der Waals surface area contributed by atoms with Crippen LogP contribution in [0, 0.1) is 0 Å². The first-order valence-electron chi connectivity index (χ1n) is 5.93. The molecule has 0 aliphatic heterocycles. The van der Waals surface area contributed by atoms with Gasteiger partial charge in [0.15, 0.2) is 0 Å². The fraction of sp³-hybridized carbons (Fsp3) is 0.357. The number of hydrogen-bond acceptors (Lipinski definition) is 3. The maximum atomic E-state index is 5.18. The Morgan fingerprint density at radius 2 is 2.24 bits per heavy atom. The minimum atomic E-state index is 0.356. The lowest BCUT2D eigenvalue weighted by Gasteiger charge is -2.17. The van der Waals surface area contributed by atoms with Gasteiger partial charge in [0, 0.05) is 30.4 Å². The van der Waals surface area contributed by atoms with E-state index in [4.69, 9.17) is 4.74 Å². The van der Waals surface area contributed by atoms with Crippen LogP contribution in [0.15, 0.2) is 36.5 Å². The van der Waals surface area contributed by atoms with Crippen molar-refractivity contribution >= 4 is 16.6 Å². The largest absolute Gasteiger partial charge is 0.383 e. The van der Waals surface area contributed by atoms with Gasteiger partial charge in [-0.1, -0.05) is 13.0 Å². The first-order valence-corrected chi connectivity index (χ1v) is 5.93. The number of aromatic nitrogens is 1. The smallest absolute Gasteiger partial charge is 0.0703 e. The first kappa shape index (κ1) is 11.9. The Kier molecular flexibility index (Phi) is 3.94. The lowest BCUT2D eigenvalue weighted by Crippen LogP contribution is -2.23. The molecule has 2 rings (SSSR count). The lowest BCUT2D eigenvalue weighted by molar-refractivity contribution is 0.184. The van der Waals surface area contributed by atoms with Crippen LogP contribution in [0.25, 0.3) is 10.9 Å². The van der Waals surface area contributed by atoms with E-state index in [0.29, 0.717) is 6.04 Å². The van der Waals surface area contributed by atoms with Crippen LogP contribution in [0.1, 0.15) is 13.3 Å². The number of pyridine rings is 1. The van der Waals surface area contributed by atoms with E-state index in [9.17, 15) is 0 Å². The fourth-order valence-corrected chi connectivity index (χ4v) is 1.86. The van der Waals surface area contributed by atoms with E-state index in [1.165, 1.54) is 0 Å². The van der Waals surface area contributed by atoms with Crippen molar-refractivity contribution < 1.29 is 4.74 Å². The Balaban J connectivity index is 2.18. The number of hydrogen-bond donors (Lipinski definition) is 1. The third kappa shape index (κ3) is 2.94. The quantitative estimate of drug-likeness (QED) is 0.857. The molecule has 1 atom stereocenters. The van der Waals surface area contributed by atoms with E-state index in [1.54, 1.807) is 7.11 Å². The van der Waals surface area contributed by atoms with Crippen LogP contribution in [-0.4, -0.2) is 24.7 Å². The zero-order valence-electron chi connectivity index (χ0n) is 10.3. The molecule has 1 aromatic heterocycles. The van der Waals surface area contributed by atoms with Gasteiger partial charge in [-0.3, -0.25) is 4.98 Å². The molecule has 90 valence electrons. The Hall–Kier alpha value is -1.61. The van der Waals surface area contributed by atoms with E-state index in [2.05, 4.69) is 35.4 Å². The first-order chi connectivity index (χ1) is 8.33. The second kappa shape index (κ2) is 5.64. The molecule has 0 aliphatic carbocycles. The van der Waals surface area contributed by atoms with E-state index in [1.807, 2.05) is 18.3 Å². The van der Waals surface area contributed by atoms with Gasteiger partial charge in [0.25, 0.3) is 0 Å². The molecule has 1 heterocycles. The Bertz CT molecular complexity index is 484. The van der Waals surface area contributed by atoms with E-state index in [0.717, 1.165) is 29.6 Å². The van der Waals surface area contributed by atoms with Crippen molar-refractivity contribution in [2.75, 3.05) is 19.0 Å². The van der Waals surface area contributed by atoms with Crippen LogP contribution in [-0.2, 0) is 4.74 Å². The molecule has 2 aromatic rings. The molecule has 0 fully saturated rings. The zero-order valence-corrected chi connectivity index (χ0v) is 10.3. The van der Waals surface area contributed by atoms with Gasteiger partial charge in [0.1, 0.15) is 0 Å². The van der Waals surface area contributed by atoms with Crippen LogP contribution in [0.2, 0.25) is 0 Å². The van der Waals surface area contributed by atoms with Crippen molar-refractivity contribution in [3.8, 4) is 0 Å². The summed E-state index contributed by atoms with van der Waals surface area (Å²) in [6.45, 7) is 2.88. The minimum Gasteiger partial charge on any atom is -0.383 e. The lowest BCUT2D eigenvalue weighted by atomic mass is 10.1. The summed E-state index contributed by atoms with van der Waals surface area (Å²) in [5, 5.41) is 4.63. The average Bonchev–Trinajstić information content (AvgIpc) is 2.38. The van der Waals surface area contributed by atoms with E-state index in [-0.39, 0.29) is 0 Å². The van der Waals surface area contributed by atoms with Crippen molar-refractivity contribution in [3.05, 3.63) is 36.5 Å². The third-order valence-corrected chi connectivity index (χ3v) is 2.83. The molecule has 0 aliphatic rings. The SMILES string of the molecule is CCC(COC)Nc1ccc2ncccc2c1. The summed E-state index contributed by atoms with van der Waals surface area (Å²) in [6.07, 6.45) is 2.86. The highest BCUT2D eigenvalue weighted by atomic mass is 16.5. The standard InChI is InChI=1S/C14H18N2O/c1-3-12(10-17-2)16-13-6-7-14-11(9-13)5-4-8-15-14/h4-9,12,16H,3,10H2,1-2H3. The van der Waals surface area contributed by atoms with Crippen LogP contribution >= 0.6 is 0 Å². The molecular formula is C14H18N2O. The van der Waals surface area contributed by atoms with Crippen LogP contribution in [0.3, 0.4) is 0 Å². The molecule has 0 saturated heterocycles. The third-order valence-electron chi connectivity index (χ3n) is 2.83. The maximum absolute atomic E-state index is 5.18. The summed E-state index contributed by atoms with van der Waals surface area (Å²) in [5.41, 5.74) is 2.15. The van der Waals surface area contributed by atoms with Gasteiger partial charge in [0.2, 0.25) is 0 Å². The minimum absolute atomic E-state index is 0.356. The molecule has 17 heavy (non-hydrogen) atoms. The van der Waals surface area contributed by atoms with Crippen molar-refractivity contribution in [1.82, 2.24) is 4.98 Å². The number of methoxy groups -OCH3 is 1. The van der Waals surface area contributed by atoms with Crippen LogP contribution in [0.4, 0.5) is 5.69 Å². The summed E-state index contributed by atoms with van der Waals surface area (Å²) < 4.78 is 5.18. The predicted molar refractivity (Wildman–Crippen MR) is 71.3 cm³/mol. The van der Waals surface area contributed by atoms with Crippen molar-refractivity contribution in [3.63, 3.8) is 0 Å². The fourth-order valence-electron chi connectivity index (χ4n) is 1.86. The number of benzene rings is 1. The molecule has 1 N–H and O–H groups in total. The highest BCUT2D eigenvalue weighted by Crippen LogP contribution is 2.18. The average molecular weight is 230 g/mol. The molecule has 0 saturated carbocycles. The molecule has 3 heteroatoms. The van der Waals surface area contributed by atoms with E-state index < -0.39 is 0 Å². The molecule has 1 unspecified atom stereocenters. The molecular weight excluding hydrogens is 212 g/mol. The summed E-state index contributed by atoms with van der Waals surface area (Å²) >= 11 is 0. The Morgan fingerprint density at radius 3 is 3.00 bits per heavy atom. The Labute approximate surface area is 102 Å². The number of nitrogens with one attached hydrogen (secondary N) is 1. The zero-order chi connectivity index (χ0) is 12.1. The number of ether oxygens (including phenoxy) is 1. The highest BCUT2D eigenvalue weighted by Gasteiger charge is 2.05. The molecule has 0 bridgehead atoms. The molecule has 0 spiro atoms. The molecule has 3 nitrogen and oxygen atoms in total. The second-order valence-corrected chi connectivity index (χ2v) is 4.12. The molecule has 0 radical (unpaired) electrons. The van der Waals surface area contributed by atoms with E-state index >= 15 is 0 Å². The van der Waals surface area contributed by atoms with Gasteiger partial charge >= 0.3 is 0 Å². The summed E-state index contributed by atoms with van der Waals surface area (Å²) in [5.74, 6) is 0. The Morgan fingerprint density at radius 1 is 1.35 bits per heavy atom. The topological polar surface area (TPSA) is 34.1 Å². The van der Waals surface area contributed by atoms with Crippen LogP contribution < -0.4 is 5.32 Å². The van der Waals surface area contributed by atoms with Crippen LogP contribution in [0.5, 0.6) is 0 Å². The highest BCUT2D eigenvalue weighted by molar-refractivity contribution is 5.82.